The summed E-state index contributed by atoms with van der Waals surface area (Å²) in [5.74, 6) is 7.42. The third kappa shape index (κ3) is 4.90. The molecule has 0 bridgehead atoms. The minimum Gasteiger partial charge on any atom is -0.397 e. The van der Waals surface area contributed by atoms with Gasteiger partial charge in [-0.15, -0.1) is 0 Å². The lowest BCUT2D eigenvalue weighted by Crippen LogP contribution is -2.45. The van der Waals surface area contributed by atoms with E-state index in [1.807, 2.05) is 38.2 Å². The lowest BCUT2D eigenvalue weighted by atomic mass is 10.1. The molecule has 1 aliphatic heterocycles. The molecular formula is C23H33N9. The van der Waals surface area contributed by atoms with Crippen molar-refractivity contribution in [2.24, 2.45) is 5.84 Å². The molecule has 0 saturated carbocycles. The molecule has 1 aromatic carbocycles. The number of nitrogens with two attached hydrogens (primary N) is 2. The minimum atomic E-state index is 0.0773. The van der Waals surface area contributed by atoms with Gasteiger partial charge < -0.3 is 21.0 Å². The maximum atomic E-state index is 6.27. The van der Waals surface area contributed by atoms with Gasteiger partial charge in [-0.25, -0.2) is 20.8 Å². The van der Waals surface area contributed by atoms with Crippen LogP contribution in [0, 0.1) is 0 Å². The monoisotopic (exact) mass is 435 g/mol. The summed E-state index contributed by atoms with van der Waals surface area (Å²) in [5.41, 5.74) is 9.41. The number of pyridine rings is 1. The summed E-state index contributed by atoms with van der Waals surface area (Å²) < 4.78 is 0. The highest BCUT2D eigenvalue weighted by molar-refractivity contribution is 5.97. The molecule has 0 amide bonds. The van der Waals surface area contributed by atoms with Crippen molar-refractivity contribution in [3.8, 4) is 0 Å². The first-order chi connectivity index (χ1) is 15.4. The van der Waals surface area contributed by atoms with Gasteiger partial charge in [0, 0.05) is 56.5 Å². The number of nitrogens with one attached hydrogen (secondary N) is 1. The van der Waals surface area contributed by atoms with Crippen molar-refractivity contribution in [1.82, 2.24) is 24.8 Å². The summed E-state index contributed by atoms with van der Waals surface area (Å²) in [6.45, 7) is 12.7. The Bertz CT molecular complexity index is 1040. The summed E-state index contributed by atoms with van der Waals surface area (Å²) in [4.78, 5) is 18.6. The van der Waals surface area contributed by atoms with Crippen molar-refractivity contribution in [1.29, 1.82) is 0 Å². The molecule has 9 heteroatoms. The molecule has 3 aromatic rings. The predicted octanol–water partition coefficient (Wildman–Crippen LogP) is 2.58. The highest BCUT2D eigenvalue weighted by Gasteiger charge is 2.17. The number of nitrogen functional groups attached to an aromatic ring is 1. The molecule has 0 spiro atoms. The number of piperazine rings is 1. The fourth-order valence-electron chi connectivity index (χ4n) is 3.92. The molecule has 0 unspecified atom stereocenters. The molecule has 1 saturated heterocycles. The number of likely N-dealkylation sites (N-methyl/N-ethyl adjacent to an activating group) is 1. The Balaban J connectivity index is 1.48. The molecule has 5 N–H and O–H groups in total. The van der Waals surface area contributed by atoms with E-state index in [2.05, 4.69) is 43.1 Å². The molecule has 1 aliphatic rings. The SMILES string of the molecule is CCN1CCN(Cc2ccc(Nc3ncc4ccc(N)c(N(N)C(C)C)c4n3)nc2)CC1. The average molecular weight is 436 g/mol. The highest BCUT2D eigenvalue weighted by Crippen LogP contribution is 2.31. The molecule has 9 nitrogen and oxygen atoms in total. The van der Waals surface area contributed by atoms with Crippen molar-refractivity contribution in [2.45, 2.75) is 33.4 Å². The van der Waals surface area contributed by atoms with Gasteiger partial charge >= 0.3 is 0 Å². The van der Waals surface area contributed by atoms with Crippen LogP contribution in [0.2, 0.25) is 0 Å². The lowest BCUT2D eigenvalue weighted by Gasteiger charge is -2.33. The van der Waals surface area contributed by atoms with Gasteiger partial charge in [0.15, 0.2) is 0 Å². The van der Waals surface area contributed by atoms with Gasteiger partial charge in [-0.2, -0.15) is 0 Å². The molecule has 32 heavy (non-hydrogen) atoms. The summed E-state index contributed by atoms with van der Waals surface area (Å²) in [6, 6.07) is 7.88. The number of nitrogens with zero attached hydrogens (tertiary/aromatic N) is 6. The lowest BCUT2D eigenvalue weighted by molar-refractivity contribution is 0.132. The van der Waals surface area contributed by atoms with Crippen LogP contribution in [0.25, 0.3) is 10.9 Å². The molecule has 170 valence electrons. The normalized spacial score (nSPS) is 15.4. The Morgan fingerprint density at radius 1 is 1.03 bits per heavy atom. The zero-order valence-electron chi connectivity index (χ0n) is 19.1. The highest BCUT2D eigenvalue weighted by atomic mass is 15.4. The standard InChI is InChI=1S/C23H33N9/c1-4-30-9-11-31(12-10-30)15-17-5-8-20(26-13-17)28-23-27-14-18-6-7-19(24)22(21(18)29-23)32(25)16(2)3/h5-8,13-14,16H,4,9-12,15,24-25H2,1-3H3,(H,26,27,28,29). The minimum absolute atomic E-state index is 0.0773. The zero-order chi connectivity index (χ0) is 22.7. The molecule has 3 heterocycles. The second kappa shape index (κ2) is 9.64. The fourth-order valence-corrected chi connectivity index (χ4v) is 3.92. The molecular weight excluding hydrogens is 402 g/mol. The number of fused-ring (bicyclic) bond motifs is 1. The van der Waals surface area contributed by atoms with Gasteiger partial charge in [-0.1, -0.05) is 13.0 Å². The number of benzene rings is 1. The maximum Gasteiger partial charge on any atom is 0.228 e. The van der Waals surface area contributed by atoms with Crippen LogP contribution in [-0.4, -0.2) is 63.5 Å². The maximum absolute atomic E-state index is 6.27. The molecule has 0 aliphatic carbocycles. The molecule has 0 atom stereocenters. The molecule has 1 fully saturated rings. The van der Waals surface area contributed by atoms with E-state index in [-0.39, 0.29) is 6.04 Å². The number of rotatable bonds is 7. The van der Waals surface area contributed by atoms with Gasteiger partial charge in [0.25, 0.3) is 0 Å². The van der Waals surface area contributed by atoms with E-state index in [0.717, 1.165) is 44.7 Å². The smallest absolute Gasteiger partial charge is 0.228 e. The number of hydrogen-bond acceptors (Lipinski definition) is 9. The third-order valence-corrected chi connectivity index (χ3v) is 5.95. The zero-order valence-corrected chi connectivity index (χ0v) is 19.1. The Kier molecular flexibility index (Phi) is 6.69. The largest absolute Gasteiger partial charge is 0.397 e. The van der Waals surface area contributed by atoms with E-state index >= 15 is 0 Å². The number of hydrogen-bond donors (Lipinski definition) is 3. The van der Waals surface area contributed by atoms with E-state index in [0.29, 0.717) is 28.7 Å². The Morgan fingerprint density at radius 2 is 1.78 bits per heavy atom. The second-order valence-electron chi connectivity index (χ2n) is 8.52. The van der Waals surface area contributed by atoms with Gasteiger partial charge in [0.1, 0.15) is 17.0 Å². The first-order valence-corrected chi connectivity index (χ1v) is 11.2. The van der Waals surface area contributed by atoms with E-state index in [9.17, 15) is 0 Å². The summed E-state index contributed by atoms with van der Waals surface area (Å²) in [6.07, 6.45) is 3.69. The predicted molar refractivity (Wildman–Crippen MR) is 131 cm³/mol. The second-order valence-corrected chi connectivity index (χ2v) is 8.52. The summed E-state index contributed by atoms with van der Waals surface area (Å²) in [7, 11) is 0. The quantitative estimate of drug-likeness (QED) is 0.293. The molecule has 2 aromatic heterocycles. The first-order valence-electron chi connectivity index (χ1n) is 11.2. The van der Waals surface area contributed by atoms with Crippen LogP contribution in [0.5, 0.6) is 0 Å². The van der Waals surface area contributed by atoms with Crippen molar-refractivity contribution >= 4 is 34.0 Å². The van der Waals surface area contributed by atoms with Gasteiger partial charge in [0.2, 0.25) is 5.95 Å². The van der Waals surface area contributed by atoms with Crippen LogP contribution in [0.1, 0.15) is 26.3 Å². The van der Waals surface area contributed by atoms with Gasteiger partial charge in [-0.3, -0.25) is 4.90 Å². The molecule has 4 rings (SSSR count). The Hall–Kier alpha value is -3.01. The number of anilines is 4. The third-order valence-electron chi connectivity index (χ3n) is 5.95. The van der Waals surface area contributed by atoms with Crippen molar-refractivity contribution in [3.63, 3.8) is 0 Å². The summed E-state index contributed by atoms with van der Waals surface area (Å²) >= 11 is 0. The van der Waals surface area contributed by atoms with E-state index in [1.165, 1.54) is 5.56 Å². The van der Waals surface area contributed by atoms with E-state index in [1.54, 1.807) is 11.2 Å². The van der Waals surface area contributed by atoms with Crippen molar-refractivity contribution in [2.75, 3.05) is 48.8 Å². The average Bonchev–Trinajstić information content (AvgIpc) is 2.80. The van der Waals surface area contributed by atoms with Crippen molar-refractivity contribution in [3.05, 3.63) is 42.2 Å². The van der Waals surface area contributed by atoms with E-state index < -0.39 is 0 Å². The number of aromatic nitrogens is 3. The Morgan fingerprint density at radius 3 is 2.44 bits per heavy atom. The van der Waals surface area contributed by atoms with Crippen LogP contribution >= 0.6 is 0 Å². The van der Waals surface area contributed by atoms with Crippen LogP contribution in [-0.2, 0) is 6.54 Å². The van der Waals surface area contributed by atoms with Crippen LogP contribution in [0.15, 0.2) is 36.7 Å². The van der Waals surface area contributed by atoms with Gasteiger partial charge in [-0.05, 0) is 44.2 Å². The van der Waals surface area contributed by atoms with Crippen LogP contribution in [0.3, 0.4) is 0 Å². The Labute approximate surface area is 189 Å². The number of hydrazine groups is 1. The van der Waals surface area contributed by atoms with Crippen LogP contribution in [0.4, 0.5) is 23.1 Å². The van der Waals surface area contributed by atoms with Crippen LogP contribution < -0.4 is 21.9 Å². The van der Waals surface area contributed by atoms with Gasteiger partial charge in [0.05, 0.1) is 5.69 Å². The fraction of sp³-hybridized carbons (Fsp3) is 0.435. The van der Waals surface area contributed by atoms with E-state index in [4.69, 9.17) is 11.6 Å². The topological polar surface area (TPSA) is 112 Å². The summed E-state index contributed by atoms with van der Waals surface area (Å²) in [5, 5.41) is 5.72. The molecule has 0 radical (unpaired) electrons. The van der Waals surface area contributed by atoms with Crippen molar-refractivity contribution < 1.29 is 0 Å². The first kappa shape index (κ1) is 22.2.